The summed E-state index contributed by atoms with van der Waals surface area (Å²) in [6.45, 7) is 0.514. The van der Waals surface area contributed by atoms with Gasteiger partial charge in [-0.25, -0.2) is 4.98 Å². The molecule has 0 aromatic carbocycles. The smallest absolute Gasteiger partial charge is 0.433 e. The first kappa shape index (κ1) is 13.7. The maximum Gasteiger partial charge on any atom is 0.433 e. The molecule has 1 aromatic heterocycles. The summed E-state index contributed by atoms with van der Waals surface area (Å²) in [6, 6.07) is 2.65. The van der Waals surface area contributed by atoms with Gasteiger partial charge in [0.2, 0.25) is 0 Å². The van der Waals surface area contributed by atoms with Gasteiger partial charge in [0.1, 0.15) is 11.4 Å². The molecule has 0 amide bonds. The van der Waals surface area contributed by atoms with Crippen molar-refractivity contribution in [2.45, 2.75) is 43.8 Å². The van der Waals surface area contributed by atoms with E-state index in [1.807, 2.05) is 0 Å². The summed E-state index contributed by atoms with van der Waals surface area (Å²) in [4.78, 5) is 3.77. The number of rotatable bonds is 4. The van der Waals surface area contributed by atoms with Crippen molar-refractivity contribution in [1.29, 1.82) is 0 Å². The van der Waals surface area contributed by atoms with Gasteiger partial charge in [-0.1, -0.05) is 0 Å². The van der Waals surface area contributed by atoms with E-state index in [9.17, 15) is 13.2 Å². The van der Waals surface area contributed by atoms with Gasteiger partial charge in [-0.3, -0.25) is 0 Å². The molecule has 0 radical (unpaired) electrons. The van der Waals surface area contributed by atoms with Crippen LogP contribution in [0.25, 0.3) is 0 Å². The highest BCUT2D eigenvalue weighted by atomic mass is 19.4. The lowest BCUT2D eigenvalue weighted by Crippen LogP contribution is -2.39. The normalized spacial score (nSPS) is 26.2. The van der Waals surface area contributed by atoms with Crippen LogP contribution in [0, 0.1) is 5.92 Å². The van der Waals surface area contributed by atoms with Gasteiger partial charge in [0.15, 0.2) is 0 Å². The van der Waals surface area contributed by atoms with Crippen molar-refractivity contribution in [3.63, 3.8) is 0 Å². The van der Waals surface area contributed by atoms with Crippen molar-refractivity contribution in [3.8, 4) is 5.75 Å². The highest BCUT2D eigenvalue weighted by Gasteiger charge is 2.36. The molecule has 2 aliphatic rings. The predicted molar refractivity (Wildman–Crippen MR) is 67.4 cm³/mol. The second-order valence-corrected chi connectivity index (χ2v) is 5.76. The van der Waals surface area contributed by atoms with Crippen molar-refractivity contribution in [1.82, 2.24) is 4.98 Å². The van der Waals surface area contributed by atoms with Gasteiger partial charge < -0.3 is 10.5 Å². The first-order valence-electron chi connectivity index (χ1n) is 6.90. The fraction of sp³-hybridized carbons (Fsp3) is 0.643. The van der Waals surface area contributed by atoms with E-state index in [1.54, 1.807) is 0 Å². The maximum atomic E-state index is 12.7. The fourth-order valence-electron chi connectivity index (χ4n) is 2.52. The van der Waals surface area contributed by atoms with Crippen molar-refractivity contribution < 1.29 is 17.9 Å². The Kier molecular flexibility index (Phi) is 3.36. The van der Waals surface area contributed by atoms with Gasteiger partial charge in [-0.15, -0.1) is 0 Å². The molecule has 0 saturated heterocycles. The van der Waals surface area contributed by atoms with Crippen LogP contribution in [0.2, 0.25) is 0 Å². The Balaban J connectivity index is 1.72. The van der Waals surface area contributed by atoms with E-state index in [-0.39, 0.29) is 12.0 Å². The molecular weight excluding hydrogens is 269 g/mol. The summed E-state index contributed by atoms with van der Waals surface area (Å²) in [7, 11) is 0. The lowest BCUT2D eigenvalue weighted by Gasteiger charge is -2.32. The first-order chi connectivity index (χ1) is 9.43. The van der Waals surface area contributed by atoms with Crippen LogP contribution in [-0.4, -0.2) is 17.6 Å². The summed E-state index contributed by atoms with van der Waals surface area (Å²) in [5.41, 5.74) is 5.33. The second kappa shape index (κ2) is 4.91. The van der Waals surface area contributed by atoms with Crippen LogP contribution >= 0.6 is 0 Å². The molecule has 0 unspecified atom stereocenters. The van der Waals surface area contributed by atoms with E-state index in [1.165, 1.54) is 6.07 Å². The highest BCUT2D eigenvalue weighted by Crippen LogP contribution is 2.44. The molecule has 0 bridgehead atoms. The van der Waals surface area contributed by atoms with Crippen molar-refractivity contribution >= 4 is 0 Å². The Bertz CT molecular complexity index is 494. The van der Waals surface area contributed by atoms with E-state index >= 15 is 0 Å². The zero-order valence-electron chi connectivity index (χ0n) is 11.0. The largest absolute Gasteiger partial charge is 0.491 e. The lowest BCUT2D eigenvalue weighted by atomic mass is 9.82. The molecule has 110 valence electrons. The number of nitrogens with two attached hydrogens (primary N) is 1. The minimum atomic E-state index is -4.40. The quantitative estimate of drug-likeness (QED) is 0.925. The van der Waals surface area contributed by atoms with Crippen molar-refractivity contribution in [3.05, 3.63) is 23.5 Å². The Morgan fingerprint density at radius 1 is 1.25 bits per heavy atom. The third-order valence-electron chi connectivity index (χ3n) is 3.89. The molecule has 2 fully saturated rings. The highest BCUT2D eigenvalue weighted by molar-refractivity contribution is 5.35. The summed E-state index contributed by atoms with van der Waals surface area (Å²) in [6.07, 6.45) is -0.777. The van der Waals surface area contributed by atoms with E-state index in [0.29, 0.717) is 24.0 Å². The number of nitrogens with zero attached hydrogens (tertiary/aromatic N) is 1. The molecule has 2 N–H and O–H groups in total. The number of aromatic nitrogens is 1. The van der Waals surface area contributed by atoms with Gasteiger partial charge in [0.05, 0.1) is 12.3 Å². The Labute approximate surface area is 115 Å². The Hall–Kier alpha value is -1.30. The summed E-state index contributed by atoms with van der Waals surface area (Å²) >= 11 is 0. The number of hydrogen-bond donors (Lipinski definition) is 1. The molecule has 0 aliphatic heterocycles. The van der Waals surface area contributed by atoms with Crippen LogP contribution in [0.15, 0.2) is 12.1 Å². The second-order valence-electron chi connectivity index (χ2n) is 5.76. The topological polar surface area (TPSA) is 48.1 Å². The molecule has 0 atom stereocenters. The summed E-state index contributed by atoms with van der Waals surface area (Å²) in [5, 5.41) is 0. The molecule has 1 heterocycles. The third kappa shape index (κ3) is 2.90. The molecular formula is C14H17F3N2O. The SMILES string of the molecule is NC1CC(COc2ccc(C(F)(F)F)nc2C2CC2)C1. The predicted octanol–water partition coefficient (Wildman–Crippen LogP) is 3.09. The minimum absolute atomic E-state index is 0.121. The van der Waals surface area contributed by atoms with Crippen LogP contribution in [-0.2, 0) is 6.18 Å². The number of pyridine rings is 1. The maximum absolute atomic E-state index is 12.7. The Morgan fingerprint density at radius 3 is 2.50 bits per heavy atom. The van der Waals surface area contributed by atoms with Gasteiger partial charge in [-0.2, -0.15) is 13.2 Å². The first-order valence-corrected chi connectivity index (χ1v) is 6.90. The zero-order chi connectivity index (χ0) is 14.3. The molecule has 20 heavy (non-hydrogen) atoms. The van der Waals surface area contributed by atoms with Gasteiger partial charge >= 0.3 is 6.18 Å². The standard InChI is InChI=1S/C14H17F3N2O/c15-14(16,17)12-4-3-11(13(19-12)9-1-2-9)20-7-8-5-10(18)6-8/h3-4,8-10H,1-2,5-7,18H2. The fourth-order valence-corrected chi connectivity index (χ4v) is 2.52. The van der Waals surface area contributed by atoms with Crippen molar-refractivity contribution in [2.75, 3.05) is 6.61 Å². The third-order valence-corrected chi connectivity index (χ3v) is 3.89. The van der Waals surface area contributed by atoms with Gasteiger partial charge in [0.25, 0.3) is 0 Å². The molecule has 2 saturated carbocycles. The Morgan fingerprint density at radius 2 is 1.95 bits per heavy atom. The number of hydrogen-bond acceptors (Lipinski definition) is 3. The van der Waals surface area contributed by atoms with Gasteiger partial charge in [0, 0.05) is 12.0 Å². The average Bonchev–Trinajstić information content (AvgIpc) is 3.16. The average molecular weight is 286 g/mol. The van der Waals surface area contributed by atoms with E-state index in [0.717, 1.165) is 31.7 Å². The van der Waals surface area contributed by atoms with Crippen LogP contribution in [0.3, 0.4) is 0 Å². The zero-order valence-corrected chi connectivity index (χ0v) is 11.0. The number of alkyl halides is 3. The summed E-state index contributed by atoms with van der Waals surface area (Å²) < 4.78 is 43.7. The lowest BCUT2D eigenvalue weighted by molar-refractivity contribution is -0.141. The van der Waals surface area contributed by atoms with Crippen LogP contribution in [0.1, 0.15) is 43.0 Å². The van der Waals surface area contributed by atoms with Crippen LogP contribution in [0.5, 0.6) is 5.75 Å². The molecule has 3 nitrogen and oxygen atoms in total. The molecule has 6 heteroatoms. The van der Waals surface area contributed by atoms with E-state index in [4.69, 9.17) is 10.5 Å². The van der Waals surface area contributed by atoms with E-state index < -0.39 is 11.9 Å². The molecule has 1 aromatic rings. The van der Waals surface area contributed by atoms with E-state index in [2.05, 4.69) is 4.98 Å². The monoisotopic (exact) mass is 286 g/mol. The molecule has 2 aliphatic carbocycles. The van der Waals surface area contributed by atoms with Crippen molar-refractivity contribution in [2.24, 2.45) is 11.7 Å². The number of halogens is 3. The molecule has 3 rings (SSSR count). The molecule has 0 spiro atoms. The van der Waals surface area contributed by atoms with Crippen LogP contribution < -0.4 is 10.5 Å². The minimum Gasteiger partial charge on any atom is -0.491 e. The van der Waals surface area contributed by atoms with Gasteiger partial charge in [-0.05, 0) is 43.7 Å². The van der Waals surface area contributed by atoms with Crippen LogP contribution in [0.4, 0.5) is 13.2 Å². The number of ether oxygens (including phenoxy) is 1. The summed E-state index contributed by atoms with van der Waals surface area (Å²) in [5.74, 6) is 1.04.